The Kier molecular flexibility index (Phi) is 3.41. The molecule has 0 saturated carbocycles. The van der Waals surface area contributed by atoms with Crippen LogP contribution in [0.3, 0.4) is 0 Å². The molecule has 1 saturated heterocycles. The minimum absolute atomic E-state index is 0.0137. The van der Waals surface area contributed by atoms with Gasteiger partial charge in [-0.25, -0.2) is 4.98 Å². The molecule has 0 N–H and O–H groups in total. The lowest BCUT2D eigenvalue weighted by Gasteiger charge is -2.29. The second kappa shape index (κ2) is 5.36. The van der Waals surface area contributed by atoms with Gasteiger partial charge in [-0.05, 0) is 18.8 Å². The molecule has 0 unspecified atom stereocenters. The lowest BCUT2D eigenvalue weighted by molar-refractivity contribution is 0.0633. The lowest BCUT2D eigenvalue weighted by atomic mass is 10.0. The van der Waals surface area contributed by atoms with Gasteiger partial charge in [-0.15, -0.1) is 0 Å². The monoisotopic (exact) mass is 273 g/mol. The summed E-state index contributed by atoms with van der Waals surface area (Å²) in [7, 11) is 0. The number of likely N-dealkylation sites (tertiary alicyclic amines) is 1. The Morgan fingerprint density at radius 2 is 2.35 bits per heavy atom. The first-order valence-electron chi connectivity index (χ1n) is 6.63. The maximum atomic E-state index is 12.3. The molecule has 1 amide bonds. The maximum absolute atomic E-state index is 12.3. The van der Waals surface area contributed by atoms with Crippen LogP contribution in [0, 0.1) is 5.92 Å². The van der Waals surface area contributed by atoms with Gasteiger partial charge >= 0.3 is 11.8 Å². The predicted octanol–water partition coefficient (Wildman–Crippen LogP) is 1.40. The second-order valence-electron chi connectivity index (χ2n) is 5.01. The second-order valence-corrected chi connectivity index (χ2v) is 5.01. The quantitative estimate of drug-likeness (QED) is 0.822. The van der Waals surface area contributed by atoms with Gasteiger partial charge in [0.25, 0.3) is 0 Å². The van der Waals surface area contributed by atoms with Crippen molar-refractivity contribution in [2.75, 3.05) is 13.1 Å². The number of piperidine rings is 1. The van der Waals surface area contributed by atoms with Gasteiger partial charge in [0, 0.05) is 25.5 Å². The van der Waals surface area contributed by atoms with Crippen molar-refractivity contribution in [2.24, 2.45) is 5.92 Å². The molecule has 7 nitrogen and oxygen atoms in total. The molecule has 2 aromatic rings. The summed E-state index contributed by atoms with van der Waals surface area (Å²) in [6.45, 7) is 3.62. The van der Waals surface area contributed by atoms with Crippen LogP contribution in [-0.2, 0) is 0 Å². The minimum Gasteiger partial charge on any atom is -0.334 e. The van der Waals surface area contributed by atoms with E-state index in [1.54, 1.807) is 17.3 Å². The van der Waals surface area contributed by atoms with E-state index in [0.717, 1.165) is 25.9 Å². The molecule has 0 spiro atoms. The molecule has 7 heteroatoms. The molecule has 1 aliphatic heterocycles. The molecule has 0 aliphatic carbocycles. The summed E-state index contributed by atoms with van der Waals surface area (Å²) in [5.74, 6) is 0.598. The normalized spacial score (nSPS) is 19.1. The van der Waals surface area contributed by atoms with Crippen LogP contribution in [0.15, 0.2) is 23.1 Å². The van der Waals surface area contributed by atoms with E-state index in [4.69, 9.17) is 4.52 Å². The van der Waals surface area contributed by atoms with Crippen molar-refractivity contribution in [1.82, 2.24) is 25.0 Å². The van der Waals surface area contributed by atoms with Crippen molar-refractivity contribution in [2.45, 2.75) is 19.8 Å². The molecule has 104 valence electrons. The van der Waals surface area contributed by atoms with E-state index in [1.165, 1.54) is 6.20 Å². The summed E-state index contributed by atoms with van der Waals surface area (Å²) in [5, 5.41) is 3.79. The Balaban J connectivity index is 1.78. The lowest BCUT2D eigenvalue weighted by Crippen LogP contribution is -2.39. The fourth-order valence-corrected chi connectivity index (χ4v) is 2.34. The van der Waals surface area contributed by atoms with Crippen LogP contribution in [-0.4, -0.2) is 44.0 Å². The van der Waals surface area contributed by atoms with Gasteiger partial charge in [0.05, 0.1) is 6.20 Å². The van der Waals surface area contributed by atoms with Gasteiger partial charge in [0.2, 0.25) is 5.82 Å². The molecule has 2 aromatic heterocycles. The van der Waals surface area contributed by atoms with E-state index < -0.39 is 0 Å². The SMILES string of the molecule is C[C@@H]1CCCN(C(=O)c2nc(-c3cnccn3)no2)C1. The van der Waals surface area contributed by atoms with Crippen LogP contribution >= 0.6 is 0 Å². The molecule has 3 heterocycles. The Bertz CT molecular complexity index is 598. The van der Waals surface area contributed by atoms with Crippen molar-refractivity contribution in [3.8, 4) is 11.5 Å². The van der Waals surface area contributed by atoms with Gasteiger partial charge in [-0.1, -0.05) is 12.1 Å². The summed E-state index contributed by atoms with van der Waals surface area (Å²) >= 11 is 0. The molecule has 20 heavy (non-hydrogen) atoms. The van der Waals surface area contributed by atoms with E-state index in [0.29, 0.717) is 11.6 Å². The molecule has 0 bridgehead atoms. The summed E-state index contributed by atoms with van der Waals surface area (Å²) in [6, 6.07) is 0. The number of nitrogens with zero attached hydrogens (tertiary/aromatic N) is 5. The Hall–Kier alpha value is -2.31. The number of carbonyl (C=O) groups excluding carboxylic acids is 1. The molecule has 1 fully saturated rings. The standard InChI is InChI=1S/C13H15N5O2/c1-9-3-2-6-18(8-9)13(19)12-16-11(17-20-12)10-7-14-4-5-15-10/h4-5,7,9H,2-3,6,8H2,1H3/t9-/m1/s1. The number of amides is 1. The third-order valence-corrected chi connectivity index (χ3v) is 3.35. The van der Waals surface area contributed by atoms with Crippen molar-refractivity contribution in [1.29, 1.82) is 0 Å². The van der Waals surface area contributed by atoms with E-state index >= 15 is 0 Å². The highest BCUT2D eigenvalue weighted by Gasteiger charge is 2.26. The molecule has 1 aliphatic rings. The average molecular weight is 273 g/mol. The summed E-state index contributed by atoms with van der Waals surface area (Å²) in [6.07, 6.45) is 6.79. The topological polar surface area (TPSA) is 85.0 Å². The fourth-order valence-electron chi connectivity index (χ4n) is 2.34. The van der Waals surface area contributed by atoms with Crippen LogP contribution in [0.5, 0.6) is 0 Å². The predicted molar refractivity (Wildman–Crippen MR) is 69.6 cm³/mol. The number of aromatic nitrogens is 4. The highest BCUT2D eigenvalue weighted by atomic mass is 16.5. The third kappa shape index (κ3) is 2.52. The van der Waals surface area contributed by atoms with Gasteiger partial charge in [-0.3, -0.25) is 9.78 Å². The fraction of sp³-hybridized carbons (Fsp3) is 0.462. The van der Waals surface area contributed by atoms with Crippen LogP contribution < -0.4 is 0 Å². The van der Waals surface area contributed by atoms with Crippen molar-refractivity contribution >= 4 is 5.91 Å². The first kappa shape index (κ1) is 12.7. The van der Waals surface area contributed by atoms with Crippen LogP contribution in [0.2, 0.25) is 0 Å². The zero-order chi connectivity index (χ0) is 13.9. The third-order valence-electron chi connectivity index (χ3n) is 3.35. The van der Waals surface area contributed by atoms with Crippen molar-refractivity contribution in [3.63, 3.8) is 0 Å². The molecular formula is C13H15N5O2. The molecule has 0 aromatic carbocycles. The van der Waals surface area contributed by atoms with E-state index in [-0.39, 0.29) is 17.6 Å². The van der Waals surface area contributed by atoms with E-state index in [9.17, 15) is 4.79 Å². The average Bonchev–Trinajstić information content (AvgIpc) is 2.97. The number of hydrogen-bond donors (Lipinski definition) is 0. The number of rotatable bonds is 2. The van der Waals surface area contributed by atoms with Gasteiger partial charge in [-0.2, -0.15) is 4.98 Å². The summed E-state index contributed by atoms with van der Waals surface area (Å²) in [4.78, 5) is 26.2. The molecule has 3 rings (SSSR count). The highest BCUT2D eigenvalue weighted by Crippen LogP contribution is 2.18. The minimum atomic E-state index is -0.209. The molecular weight excluding hydrogens is 258 g/mol. The largest absolute Gasteiger partial charge is 0.334 e. The number of hydrogen-bond acceptors (Lipinski definition) is 6. The van der Waals surface area contributed by atoms with Crippen LogP contribution in [0.4, 0.5) is 0 Å². The Labute approximate surface area is 116 Å². The summed E-state index contributed by atoms with van der Waals surface area (Å²) < 4.78 is 5.05. The first-order chi connectivity index (χ1) is 9.74. The van der Waals surface area contributed by atoms with Crippen molar-refractivity contribution < 1.29 is 9.32 Å². The zero-order valence-electron chi connectivity index (χ0n) is 11.2. The maximum Gasteiger partial charge on any atom is 0.316 e. The Morgan fingerprint density at radius 3 is 3.10 bits per heavy atom. The van der Waals surface area contributed by atoms with E-state index in [2.05, 4.69) is 27.0 Å². The van der Waals surface area contributed by atoms with Crippen LogP contribution in [0.25, 0.3) is 11.5 Å². The number of carbonyl (C=O) groups is 1. The molecule has 0 radical (unpaired) electrons. The zero-order valence-corrected chi connectivity index (χ0v) is 11.2. The van der Waals surface area contributed by atoms with E-state index in [1.807, 2.05) is 0 Å². The van der Waals surface area contributed by atoms with Crippen LogP contribution in [0.1, 0.15) is 30.5 Å². The van der Waals surface area contributed by atoms with Gasteiger partial charge < -0.3 is 9.42 Å². The smallest absolute Gasteiger partial charge is 0.316 e. The van der Waals surface area contributed by atoms with Gasteiger partial charge in [0.1, 0.15) is 5.69 Å². The van der Waals surface area contributed by atoms with Crippen molar-refractivity contribution in [3.05, 3.63) is 24.5 Å². The molecule has 1 atom stereocenters. The first-order valence-corrected chi connectivity index (χ1v) is 6.63. The van der Waals surface area contributed by atoms with Gasteiger partial charge in [0.15, 0.2) is 0 Å². The Morgan fingerprint density at radius 1 is 1.45 bits per heavy atom. The highest BCUT2D eigenvalue weighted by molar-refractivity contribution is 5.90. The summed E-state index contributed by atoms with van der Waals surface area (Å²) in [5.41, 5.74) is 0.488.